The minimum absolute atomic E-state index is 0.0907. The second-order valence-electron chi connectivity index (χ2n) is 9.20. The summed E-state index contributed by atoms with van der Waals surface area (Å²) in [5.74, 6) is -0.729. The van der Waals surface area contributed by atoms with Crippen LogP contribution < -0.4 is 4.90 Å². The van der Waals surface area contributed by atoms with Crippen molar-refractivity contribution in [2.75, 3.05) is 4.90 Å². The largest absolute Gasteiger partial charge is 0.351 e. The number of Topliss-reactive ketones (excluding diaryl/α,β-unsaturated/α-hetero) is 1. The van der Waals surface area contributed by atoms with E-state index >= 15 is 0 Å². The van der Waals surface area contributed by atoms with Gasteiger partial charge in [-0.25, -0.2) is 0 Å². The van der Waals surface area contributed by atoms with Crippen LogP contribution in [0.1, 0.15) is 27.4 Å². The molecule has 172 valence electrons. The smallest absolute Gasteiger partial charge is 0.185 e. The molecule has 0 spiro atoms. The summed E-state index contributed by atoms with van der Waals surface area (Å²) in [6, 6.07) is 32.7. The van der Waals surface area contributed by atoms with Gasteiger partial charge in [0.05, 0.1) is 18.2 Å². The van der Waals surface area contributed by atoms with E-state index in [0.29, 0.717) is 5.56 Å². The Balaban J connectivity index is 1.67. The fraction of sp³-hybridized carbons (Fsp3) is 0.129. The Bertz CT molecular complexity index is 1620. The Morgan fingerprint density at radius 1 is 0.861 bits per heavy atom. The molecule has 5 heteroatoms. The molecule has 0 unspecified atom stereocenters. The van der Waals surface area contributed by atoms with Crippen molar-refractivity contribution in [1.82, 2.24) is 0 Å². The first-order chi connectivity index (χ1) is 17.6. The van der Waals surface area contributed by atoms with Crippen LogP contribution >= 0.6 is 22.6 Å². The molecule has 2 aliphatic rings. The second kappa shape index (κ2) is 8.62. The van der Waals surface area contributed by atoms with Gasteiger partial charge in [0.2, 0.25) is 0 Å². The monoisotopic (exact) mass is 577 g/mol. The van der Waals surface area contributed by atoms with Crippen LogP contribution in [0.4, 0.5) is 5.69 Å². The lowest BCUT2D eigenvalue weighted by Gasteiger charge is -2.36. The lowest BCUT2D eigenvalue weighted by Crippen LogP contribution is -2.44. The van der Waals surface area contributed by atoms with Crippen LogP contribution in [0.2, 0.25) is 0 Å². The Labute approximate surface area is 223 Å². The fourth-order valence-electron chi connectivity index (χ4n) is 5.89. The van der Waals surface area contributed by atoms with Gasteiger partial charge in [0.25, 0.3) is 0 Å². The SMILES string of the molecule is N#CC1(C#N)[C@H](c2ccccc2I)[C@@H](C(=O)c2ccccc2)N2c3ccc4ccccc4c3C=C[C@@H]21. The zero-order chi connectivity index (χ0) is 24.9. The highest BCUT2D eigenvalue weighted by atomic mass is 127. The molecule has 0 aliphatic carbocycles. The lowest BCUT2D eigenvalue weighted by atomic mass is 9.69. The van der Waals surface area contributed by atoms with E-state index in [4.69, 9.17) is 0 Å². The van der Waals surface area contributed by atoms with Crippen LogP contribution in [0.5, 0.6) is 0 Å². The molecule has 0 saturated carbocycles. The Morgan fingerprint density at radius 2 is 1.56 bits per heavy atom. The number of carbonyl (C=O) groups excluding carboxylic acids is 1. The number of hydrogen-bond donors (Lipinski definition) is 0. The maximum atomic E-state index is 14.3. The molecule has 4 nitrogen and oxygen atoms in total. The average molecular weight is 577 g/mol. The Hall–Kier alpha value is -3.94. The van der Waals surface area contributed by atoms with Crippen molar-refractivity contribution < 1.29 is 4.79 Å². The maximum Gasteiger partial charge on any atom is 0.185 e. The van der Waals surface area contributed by atoms with E-state index in [-0.39, 0.29) is 5.78 Å². The topological polar surface area (TPSA) is 67.9 Å². The van der Waals surface area contributed by atoms with Gasteiger partial charge in [-0.1, -0.05) is 91.0 Å². The molecule has 1 saturated heterocycles. The van der Waals surface area contributed by atoms with Crippen LogP contribution in [-0.4, -0.2) is 17.9 Å². The summed E-state index contributed by atoms with van der Waals surface area (Å²) in [4.78, 5) is 16.3. The van der Waals surface area contributed by atoms with Crippen molar-refractivity contribution in [2.45, 2.75) is 18.0 Å². The van der Waals surface area contributed by atoms with Gasteiger partial charge in [-0.3, -0.25) is 4.79 Å². The summed E-state index contributed by atoms with van der Waals surface area (Å²) in [5, 5.41) is 23.4. The van der Waals surface area contributed by atoms with Gasteiger partial charge < -0.3 is 4.90 Å². The van der Waals surface area contributed by atoms with Crippen molar-refractivity contribution in [3.8, 4) is 12.1 Å². The predicted molar refractivity (Wildman–Crippen MR) is 149 cm³/mol. The fourth-order valence-corrected chi connectivity index (χ4v) is 6.61. The molecular weight excluding hydrogens is 557 g/mol. The molecule has 36 heavy (non-hydrogen) atoms. The zero-order valence-electron chi connectivity index (χ0n) is 19.2. The summed E-state index contributed by atoms with van der Waals surface area (Å²) >= 11 is 2.25. The number of anilines is 1. The molecule has 3 atom stereocenters. The summed E-state index contributed by atoms with van der Waals surface area (Å²) in [6.45, 7) is 0. The highest BCUT2D eigenvalue weighted by molar-refractivity contribution is 14.1. The number of rotatable bonds is 3. The molecule has 0 radical (unpaired) electrons. The van der Waals surface area contributed by atoms with E-state index in [1.54, 1.807) is 0 Å². The van der Waals surface area contributed by atoms with E-state index < -0.39 is 23.4 Å². The molecule has 0 bridgehead atoms. The first kappa shape index (κ1) is 22.5. The highest BCUT2D eigenvalue weighted by Gasteiger charge is 2.63. The van der Waals surface area contributed by atoms with E-state index in [2.05, 4.69) is 52.9 Å². The molecule has 2 heterocycles. The van der Waals surface area contributed by atoms with Crippen molar-refractivity contribution in [2.24, 2.45) is 5.41 Å². The third kappa shape index (κ3) is 3.13. The molecule has 1 fully saturated rings. The normalized spacial score (nSPS) is 21.3. The van der Waals surface area contributed by atoms with Gasteiger partial charge >= 0.3 is 0 Å². The number of ketones is 1. The summed E-state index contributed by atoms with van der Waals surface area (Å²) in [5.41, 5.74) is 1.85. The minimum atomic E-state index is -1.45. The van der Waals surface area contributed by atoms with Crippen LogP contribution in [-0.2, 0) is 0 Å². The third-order valence-electron chi connectivity index (χ3n) is 7.48. The number of benzene rings is 4. The molecule has 0 amide bonds. The zero-order valence-corrected chi connectivity index (χ0v) is 21.3. The van der Waals surface area contributed by atoms with Crippen LogP contribution in [0.25, 0.3) is 16.8 Å². The standard InChI is InChI=1S/C31H20IN3O/c32-25-13-7-6-12-24(25)28-29(30(36)21-9-2-1-3-10-21)35-26-16-14-20-8-4-5-11-22(20)23(26)15-17-27(35)31(28,18-33)19-34/h1-17,27-29H/t27-,28-,29+/m1/s1. The summed E-state index contributed by atoms with van der Waals surface area (Å²) in [6.07, 6.45) is 3.97. The van der Waals surface area contributed by atoms with Crippen molar-refractivity contribution in [1.29, 1.82) is 10.5 Å². The molecular formula is C31H20IN3O. The Kier molecular flexibility index (Phi) is 5.39. The molecule has 4 aromatic rings. The van der Waals surface area contributed by atoms with Gasteiger partial charge in [0.15, 0.2) is 11.2 Å². The minimum Gasteiger partial charge on any atom is -0.351 e. The molecule has 0 N–H and O–H groups in total. The van der Waals surface area contributed by atoms with Gasteiger partial charge in [-0.15, -0.1) is 0 Å². The first-order valence-electron chi connectivity index (χ1n) is 11.7. The number of hydrogen-bond acceptors (Lipinski definition) is 4. The molecule has 2 aliphatic heterocycles. The maximum absolute atomic E-state index is 14.3. The van der Waals surface area contributed by atoms with Gasteiger partial charge in [-0.05, 0) is 51.1 Å². The Morgan fingerprint density at radius 3 is 2.31 bits per heavy atom. The van der Waals surface area contributed by atoms with Crippen LogP contribution in [0.3, 0.4) is 0 Å². The van der Waals surface area contributed by atoms with Crippen LogP contribution in [0, 0.1) is 31.6 Å². The second-order valence-corrected chi connectivity index (χ2v) is 10.4. The number of nitrogens with zero attached hydrogens (tertiary/aromatic N) is 3. The van der Waals surface area contributed by atoms with Crippen molar-refractivity contribution in [3.63, 3.8) is 0 Å². The van der Waals surface area contributed by atoms with Crippen molar-refractivity contribution >= 4 is 50.9 Å². The van der Waals surface area contributed by atoms with E-state index in [0.717, 1.165) is 31.2 Å². The molecule has 4 aromatic carbocycles. The third-order valence-corrected chi connectivity index (χ3v) is 8.46. The lowest BCUT2D eigenvalue weighted by molar-refractivity contribution is 0.0951. The van der Waals surface area contributed by atoms with Gasteiger partial charge in [-0.2, -0.15) is 10.5 Å². The highest BCUT2D eigenvalue weighted by Crippen LogP contribution is 2.56. The average Bonchev–Trinajstić information content (AvgIpc) is 3.24. The van der Waals surface area contributed by atoms with E-state index in [1.165, 1.54) is 0 Å². The molecule has 0 aromatic heterocycles. The van der Waals surface area contributed by atoms with E-state index in [1.807, 2.05) is 89.8 Å². The number of halogens is 1. The number of nitriles is 2. The van der Waals surface area contributed by atoms with Crippen LogP contribution in [0.15, 0.2) is 97.1 Å². The van der Waals surface area contributed by atoms with Crippen molar-refractivity contribution in [3.05, 3.63) is 117 Å². The van der Waals surface area contributed by atoms with E-state index in [9.17, 15) is 15.3 Å². The predicted octanol–water partition coefficient (Wildman–Crippen LogP) is 6.73. The summed E-state index contributed by atoms with van der Waals surface area (Å²) < 4.78 is 0.934. The number of fused-ring (bicyclic) bond motifs is 5. The summed E-state index contributed by atoms with van der Waals surface area (Å²) in [7, 11) is 0. The quantitative estimate of drug-likeness (QED) is 0.200. The van der Waals surface area contributed by atoms with Gasteiger partial charge in [0, 0.05) is 26.3 Å². The first-order valence-corrected chi connectivity index (χ1v) is 12.8. The number of carbonyl (C=O) groups is 1. The molecule has 6 rings (SSSR count). The van der Waals surface area contributed by atoms with Gasteiger partial charge in [0.1, 0.15) is 6.04 Å².